The van der Waals surface area contributed by atoms with Gasteiger partial charge in [-0.3, -0.25) is 19.3 Å². The Hall–Kier alpha value is -2.23. The van der Waals surface area contributed by atoms with Gasteiger partial charge in [0, 0.05) is 5.69 Å². The number of ether oxygens (including phenoxy) is 1. The van der Waals surface area contributed by atoms with Crippen molar-refractivity contribution in [2.75, 3.05) is 11.9 Å². The smallest absolute Gasteiger partial charge is 0.406 e. The monoisotopic (exact) mass is 376 g/mol. The van der Waals surface area contributed by atoms with Gasteiger partial charge in [-0.2, -0.15) is 0 Å². The Morgan fingerprint density at radius 2 is 1.68 bits per heavy atom. The van der Waals surface area contributed by atoms with E-state index in [4.69, 9.17) is 0 Å². The van der Waals surface area contributed by atoms with E-state index in [1.165, 1.54) is 23.9 Å². The number of carbonyl (C=O) groups excluding carboxylic acids is 3. The van der Waals surface area contributed by atoms with Crippen molar-refractivity contribution in [3.63, 3.8) is 0 Å². The predicted octanol–water partition coefficient (Wildman–Crippen LogP) is 2.40. The van der Waals surface area contributed by atoms with E-state index < -0.39 is 46.9 Å². The van der Waals surface area contributed by atoms with Crippen LogP contribution in [-0.4, -0.2) is 46.0 Å². The maximum absolute atomic E-state index is 12.1. The first-order valence-electron chi connectivity index (χ1n) is 7.23. The second-order valence-electron chi connectivity index (χ2n) is 5.30. The summed E-state index contributed by atoms with van der Waals surface area (Å²) in [7, 11) is 0. The number of imide groups is 1. The molecule has 1 aliphatic heterocycles. The van der Waals surface area contributed by atoms with Gasteiger partial charge in [0.1, 0.15) is 12.3 Å². The van der Waals surface area contributed by atoms with Crippen LogP contribution in [0.4, 0.5) is 18.9 Å². The minimum Gasteiger partial charge on any atom is -0.406 e. The average Bonchev–Trinajstić information content (AvgIpc) is 2.50. The third kappa shape index (κ3) is 5.12. The van der Waals surface area contributed by atoms with Crippen molar-refractivity contribution in [2.45, 2.75) is 30.7 Å². The summed E-state index contributed by atoms with van der Waals surface area (Å²) in [6.07, 6.45) is -4.80. The number of hydrogen-bond donors (Lipinski definition) is 1. The van der Waals surface area contributed by atoms with E-state index in [-0.39, 0.29) is 5.69 Å². The fourth-order valence-electron chi connectivity index (χ4n) is 2.21. The number of thioether (sulfide) groups is 1. The second-order valence-corrected chi connectivity index (χ2v) is 6.99. The van der Waals surface area contributed by atoms with E-state index in [9.17, 15) is 27.6 Å². The van der Waals surface area contributed by atoms with Gasteiger partial charge < -0.3 is 10.1 Å². The van der Waals surface area contributed by atoms with Crippen molar-refractivity contribution >= 4 is 35.2 Å². The molecule has 1 aromatic rings. The maximum atomic E-state index is 12.1. The zero-order chi connectivity index (χ0) is 18.8. The van der Waals surface area contributed by atoms with Gasteiger partial charge in [-0.05, 0) is 38.1 Å². The molecule has 0 aromatic heterocycles. The molecule has 2 atom stereocenters. The van der Waals surface area contributed by atoms with Crippen LogP contribution >= 0.6 is 11.8 Å². The summed E-state index contributed by atoms with van der Waals surface area (Å²) < 4.78 is 40.0. The van der Waals surface area contributed by atoms with Crippen LogP contribution < -0.4 is 10.1 Å². The summed E-state index contributed by atoms with van der Waals surface area (Å²) in [6, 6.07) is 4.53. The fraction of sp³-hybridized carbons (Fsp3) is 0.400. The van der Waals surface area contributed by atoms with Crippen LogP contribution in [0, 0.1) is 0 Å². The Bertz CT molecular complexity index is 658. The minimum atomic E-state index is -4.80. The molecule has 1 fully saturated rings. The van der Waals surface area contributed by atoms with Crippen LogP contribution in [0.5, 0.6) is 5.75 Å². The van der Waals surface area contributed by atoms with Gasteiger partial charge in [0.25, 0.3) is 0 Å². The number of rotatable bonds is 4. The highest BCUT2D eigenvalue weighted by molar-refractivity contribution is 8.02. The number of nitrogens with zero attached hydrogens (tertiary/aromatic N) is 1. The molecule has 0 unspecified atom stereocenters. The molecule has 6 nitrogen and oxygen atoms in total. The number of anilines is 1. The molecular formula is C15H15F3N2O4S. The molecule has 0 radical (unpaired) electrons. The zero-order valence-electron chi connectivity index (χ0n) is 13.3. The third-order valence-electron chi connectivity index (χ3n) is 3.31. The van der Waals surface area contributed by atoms with Gasteiger partial charge in [0.15, 0.2) is 0 Å². The van der Waals surface area contributed by atoms with Gasteiger partial charge in [-0.15, -0.1) is 24.9 Å². The molecule has 0 bridgehead atoms. The molecule has 0 saturated carbocycles. The molecule has 0 spiro atoms. The summed E-state index contributed by atoms with van der Waals surface area (Å²) >= 11 is 1.22. The lowest BCUT2D eigenvalue weighted by Gasteiger charge is -2.31. The lowest BCUT2D eigenvalue weighted by molar-refractivity contribution is -0.274. The first-order valence-corrected chi connectivity index (χ1v) is 8.17. The van der Waals surface area contributed by atoms with E-state index in [1.807, 2.05) is 0 Å². The maximum Gasteiger partial charge on any atom is 0.573 e. The topological polar surface area (TPSA) is 75.7 Å². The van der Waals surface area contributed by atoms with Crippen LogP contribution in [0.25, 0.3) is 0 Å². The van der Waals surface area contributed by atoms with Crippen molar-refractivity contribution in [1.29, 1.82) is 0 Å². The van der Waals surface area contributed by atoms with Gasteiger partial charge >= 0.3 is 6.36 Å². The molecule has 1 heterocycles. The Morgan fingerprint density at radius 3 is 2.16 bits per heavy atom. The molecular weight excluding hydrogens is 361 g/mol. The standard InChI is InChI=1S/C15H15F3N2O4S/c1-8-13(22)20(14(23)9(2)25-8)7-12(21)19-10-3-5-11(6-4-10)24-15(16,17)18/h3-6,8-9H,7H2,1-2H3,(H,19,21)/t8-,9-/m0/s1. The lowest BCUT2D eigenvalue weighted by Crippen LogP contribution is -2.52. The van der Waals surface area contributed by atoms with Crippen LogP contribution in [0.3, 0.4) is 0 Å². The summed E-state index contributed by atoms with van der Waals surface area (Å²) in [5.74, 6) is -1.95. The molecule has 136 valence electrons. The molecule has 25 heavy (non-hydrogen) atoms. The first kappa shape index (κ1) is 19.1. The van der Waals surface area contributed by atoms with E-state index in [0.29, 0.717) is 0 Å². The van der Waals surface area contributed by atoms with E-state index in [1.54, 1.807) is 13.8 Å². The van der Waals surface area contributed by atoms with Crippen LogP contribution in [0.15, 0.2) is 24.3 Å². The normalized spacial score (nSPS) is 21.2. The number of amides is 3. The summed E-state index contributed by atoms with van der Waals surface area (Å²) in [5.41, 5.74) is 0.215. The molecule has 3 amide bonds. The highest BCUT2D eigenvalue weighted by Crippen LogP contribution is 2.27. The molecule has 10 heteroatoms. The number of benzene rings is 1. The average molecular weight is 376 g/mol. The third-order valence-corrected chi connectivity index (χ3v) is 4.53. The molecule has 1 saturated heterocycles. The second kappa shape index (κ2) is 7.34. The summed E-state index contributed by atoms with van der Waals surface area (Å²) in [5, 5.41) is 1.56. The largest absolute Gasteiger partial charge is 0.573 e. The van der Waals surface area contributed by atoms with Crippen LogP contribution in [-0.2, 0) is 14.4 Å². The van der Waals surface area contributed by atoms with Crippen molar-refractivity contribution in [3.8, 4) is 5.75 Å². The van der Waals surface area contributed by atoms with E-state index in [2.05, 4.69) is 10.1 Å². The Labute approximate surface area is 145 Å². The van der Waals surface area contributed by atoms with Crippen LogP contribution in [0.2, 0.25) is 0 Å². The molecule has 1 aromatic carbocycles. The fourth-order valence-corrected chi connectivity index (χ4v) is 3.31. The number of nitrogens with one attached hydrogen (secondary N) is 1. The Morgan fingerprint density at radius 1 is 1.16 bits per heavy atom. The highest BCUT2D eigenvalue weighted by Gasteiger charge is 2.38. The van der Waals surface area contributed by atoms with Gasteiger partial charge in [-0.1, -0.05) is 0 Å². The van der Waals surface area contributed by atoms with Crippen molar-refractivity contribution < 1.29 is 32.3 Å². The van der Waals surface area contributed by atoms with Crippen molar-refractivity contribution in [3.05, 3.63) is 24.3 Å². The van der Waals surface area contributed by atoms with Gasteiger partial charge in [0.05, 0.1) is 10.5 Å². The predicted molar refractivity (Wildman–Crippen MR) is 85.0 cm³/mol. The SMILES string of the molecule is C[C@@H]1S[C@@H](C)C(=O)N(CC(=O)Nc2ccc(OC(F)(F)F)cc2)C1=O. The molecule has 1 aliphatic rings. The summed E-state index contributed by atoms with van der Waals surface area (Å²) in [4.78, 5) is 37.0. The zero-order valence-corrected chi connectivity index (χ0v) is 14.1. The van der Waals surface area contributed by atoms with Crippen molar-refractivity contribution in [2.24, 2.45) is 0 Å². The number of alkyl halides is 3. The first-order chi connectivity index (χ1) is 11.6. The summed E-state index contributed by atoms with van der Waals surface area (Å²) in [6.45, 7) is 2.86. The van der Waals surface area contributed by atoms with Crippen molar-refractivity contribution in [1.82, 2.24) is 4.90 Å². The Balaban J connectivity index is 1.98. The quantitative estimate of drug-likeness (QED) is 0.817. The van der Waals surface area contributed by atoms with Gasteiger partial charge in [-0.25, -0.2) is 0 Å². The minimum absolute atomic E-state index is 0.215. The molecule has 2 rings (SSSR count). The molecule has 1 N–H and O–H groups in total. The van der Waals surface area contributed by atoms with E-state index in [0.717, 1.165) is 17.0 Å². The highest BCUT2D eigenvalue weighted by atomic mass is 32.2. The number of hydrogen-bond acceptors (Lipinski definition) is 5. The molecule has 0 aliphatic carbocycles. The number of carbonyl (C=O) groups is 3. The lowest BCUT2D eigenvalue weighted by atomic mass is 10.2. The number of halogens is 3. The van der Waals surface area contributed by atoms with Gasteiger partial charge in [0.2, 0.25) is 17.7 Å². The van der Waals surface area contributed by atoms with E-state index >= 15 is 0 Å². The van der Waals surface area contributed by atoms with Crippen LogP contribution in [0.1, 0.15) is 13.8 Å². The Kier molecular flexibility index (Phi) is 5.61.